The molecule has 0 bridgehead atoms. The third kappa shape index (κ3) is 1.81. The summed E-state index contributed by atoms with van der Waals surface area (Å²) in [6.07, 6.45) is 2.51. The smallest absolute Gasteiger partial charge is 0.163 e. The third-order valence-corrected chi connectivity index (χ3v) is 2.15. The highest BCUT2D eigenvalue weighted by Gasteiger charge is 2.20. The highest BCUT2D eigenvalue weighted by molar-refractivity contribution is 6.19. The number of alkyl halides is 1. The monoisotopic (exact) mass is 155 g/mol. The quantitative estimate of drug-likeness (QED) is 0.279. The Bertz CT molecular complexity index is 59.4. The maximum absolute atomic E-state index is 5.83. The van der Waals surface area contributed by atoms with Gasteiger partial charge in [0, 0.05) is 12.8 Å². The van der Waals surface area contributed by atoms with Crippen molar-refractivity contribution in [1.29, 1.82) is 0 Å². The number of likely N-dealkylation sites (tertiary alicyclic amines) is 1. The second-order valence-electron chi connectivity index (χ2n) is 2.21. The predicted molar refractivity (Wildman–Crippen MR) is 30.6 cm³/mol. The van der Waals surface area contributed by atoms with Gasteiger partial charge < -0.3 is 17.3 Å². The third-order valence-electron chi connectivity index (χ3n) is 1.56. The van der Waals surface area contributed by atoms with Crippen molar-refractivity contribution < 1.29 is 17.3 Å². The Kier molecular flexibility index (Phi) is 3.78. The molecule has 1 nitrogen and oxygen atoms in total. The van der Waals surface area contributed by atoms with E-state index in [-0.39, 0.29) is 12.4 Å². The van der Waals surface area contributed by atoms with Crippen molar-refractivity contribution >= 4 is 11.6 Å². The average molecular weight is 156 g/mol. The van der Waals surface area contributed by atoms with Crippen LogP contribution in [-0.4, -0.2) is 19.1 Å². The summed E-state index contributed by atoms with van der Waals surface area (Å²) in [7, 11) is 2.14. The highest BCUT2D eigenvalue weighted by atomic mass is 35.5. The summed E-state index contributed by atoms with van der Waals surface area (Å²) >= 11 is 5.83. The van der Waals surface area contributed by atoms with Gasteiger partial charge in [-0.2, -0.15) is 0 Å². The van der Waals surface area contributed by atoms with Crippen LogP contribution in [-0.2, 0) is 0 Å². The molecule has 0 spiro atoms. The molecule has 2 atom stereocenters. The molecule has 1 fully saturated rings. The van der Waals surface area contributed by atoms with E-state index in [0.717, 1.165) is 0 Å². The SMILES string of the molecule is C[NH+]1CCCC1Cl.[Cl-]. The number of nitrogens with one attached hydrogen (secondary N) is 1. The standard InChI is InChI=1S/C5H10ClN.ClH/c1-7-4-2-3-5(7)6;/h5H,2-4H2,1H3;1H. The largest absolute Gasteiger partial charge is 1.00 e. The first-order chi connectivity index (χ1) is 3.30. The van der Waals surface area contributed by atoms with E-state index in [2.05, 4.69) is 7.05 Å². The molecule has 2 unspecified atom stereocenters. The van der Waals surface area contributed by atoms with E-state index in [0.29, 0.717) is 5.50 Å². The van der Waals surface area contributed by atoms with Crippen molar-refractivity contribution in [1.82, 2.24) is 0 Å². The van der Waals surface area contributed by atoms with Gasteiger partial charge in [0.1, 0.15) is 0 Å². The first kappa shape index (κ1) is 8.54. The first-order valence-corrected chi connectivity index (χ1v) is 3.21. The molecule has 1 aliphatic heterocycles. The van der Waals surface area contributed by atoms with Crippen LogP contribution in [0.2, 0.25) is 0 Å². The van der Waals surface area contributed by atoms with Gasteiger partial charge in [-0.3, -0.25) is 0 Å². The van der Waals surface area contributed by atoms with Crippen molar-refractivity contribution in [2.75, 3.05) is 13.6 Å². The Labute approximate surface area is 61.4 Å². The number of rotatable bonds is 0. The Hall–Kier alpha value is 0.540. The lowest BCUT2D eigenvalue weighted by atomic mass is 10.4. The Morgan fingerprint density at radius 3 is 2.38 bits per heavy atom. The minimum absolute atomic E-state index is 0. The zero-order valence-electron chi connectivity index (χ0n) is 4.95. The van der Waals surface area contributed by atoms with Gasteiger partial charge in [0.15, 0.2) is 5.50 Å². The van der Waals surface area contributed by atoms with Gasteiger partial charge in [-0.05, 0) is 0 Å². The molecule has 1 N–H and O–H groups in total. The summed E-state index contributed by atoms with van der Waals surface area (Å²) < 4.78 is 0. The molecule has 3 heteroatoms. The van der Waals surface area contributed by atoms with Crippen LogP contribution in [0.5, 0.6) is 0 Å². The van der Waals surface area contributed by atoms with Crippen molar-refractivity contribution in [2.24, 2.45) is 0 Å². The second-order valence-corrected chi connectivity index (χ2v) is 2.73. The zero-order chi connectivity index (χ0) is 5.28. The summed E-state index contributed by atoms with van der Waals surface area (Å²) in [6.45, 7) is 1.26. The summed E-state index contributed by atoms with van der Waals surface area (Å²) in [5, 5.41) is 0. The summed E-state index contributed by atoms with van der Waals surface area (Å²) in [6, 6.07) is 0. The lowest BCUT2D eigenvalue weighted by Gasteiger charge is -2.06. The molecule has 1 rings (SSSR count). The molecule has 8 heavy (non-hydrogen) atoms. The van der Waals surface area contributed by atoms with Gasteiger partial charge in [-0.15, -0.1) is 0 Å². The van der Waals surface area contributed by atoms with Crippen LogP contribution >= 0.6 is 11.6 Å². The van der Waals surface area contributed by atoms with Gasteiger partial charge in [0.25, 0.3) is 0 Å². The molecule has 1 saturated heterocycles. The molecular formula is C5H11Cl2N. The summed E-state index contributed by atoms with van der Waals surface area (Å²) in [4.78, 5) is 1.47. The minimum Gasteiger partial charge on any atom is -1.00 e. The summed E-state index contributed by atoms with van der Waals surface area (Å²) in [5.41, 5.74) is 0.403. The predicted octanol–water partition coefficient (Wildman–Crippen LogP) is -3.14. The molecule has 0 radical (unpaired) electrons. The molecule has 0 aromatic heterocycles. The lowest BCUT2D eigenvalue weighted by molar-refractivity contribution is -0.878. The van der Waals surface area contributed by atoms with Crippen LogP contribution in [0.4, 0.5) is 0 Å². The number of hydrogen-bond acceptors (Lipinski definition) is 0. The molecule has 0 aliphatic carbocycles. The van der Waals surface area contributed by atoms with Gasteiger partial charge >= 0.3 is 0 Å². The van der Waals surface area contributed by atoms with Crippen LogP contribution in [0.25, 0.3) is 0 Å². The van der Waals surface area contributed by atoms with Crippen molar-refractivity contribution in [2.45, 2.75) is 18.3 Å². The number of hydrogen-bond donors (Lipinski definition) is 1. The average Bonchev–Trinajstić information content (AvgIpc) is 1.91. The minimum atomic E-state index is 0. The van der Waals surface area contributed by atoms with Gasteiger partial charge in [-0.25, -0.2) is 0 Å². The van der Waals surface area contributed by atoms with Crippen molar-refractivity contribution in [3.63, 3.8) is 0 Å². The molecule has 1 heterocycles. The molecular weight excluding hydrogens is 145 g/mol. The fraction of sp³-hybridized carbons (Fsp3) is 1.00. The van der Waals surface area contributed by atoms with E-state index >= 15 is 0 Å². The van der Waals surface area contributed by atoms with E-state index in [9.17, 15) is 0 Å². The zero-order valence-corrected chi connectivity index (χ0v) is 6.47. The number of halogens is 2. The van der Waals surface area contributed by atoms with Crippen LogP contribution < -0.4 is 17.3 Å². The van der Waals surface area contributed by atoms with E-state index in [4.69, 9.17) is 11.6 Å². The van der Waals surface area contributed by atoms with E-state index < -0.39 is 0 Å². The molecule has 0 aromatic rings. The van der Waals surface area contributed by atoms with Crippen LogP contribution in [0, 0.1) is 0 Å². The molecule has 50 valence electrons. The molecule has 0 saturated carbocycles. The van der Waals surface area contributed by atoms with Gasteiger partial charge in [-0.1, -0.05) is 11.6 Å². The Morgan fingerprint density at radius 2 is 2.25 bits per heavy atom. The van der Waals surface area contributed by atoms with Crippen LogP contribution in [0.3, 0.4) is 0 Å². The second kappa shape index (κ2) is 3.54. The highest BCUT2D eigenvalue weighted by Crippen LogP contribution is 2.01. The Morgan fingerprint density at radius 1 is 1.62 bits per heavy atom. The number of quaternary nitrogens is 1. The van der Waals surface area contributed by atoms with Crippen LogP contribution in [0.15, 0.2) is 0 Å². The van der Waals surface area contributed by atoms with Gasteiger partial charge in [0.05, 0.1) is 13.6 Å². The maximum Gasteiger partial charge on any atom is 0.163 e. The van der Waals surface area contributed by atoms with Crippen LogP contribution in [0.1, 0.15) is 12.8 Å². The van der Waals surface area contributed by atoms with E-state index in [1.54, 1.807) is 0 Å². The molecule has 0 aromatic carbocycles. The van der Waals surface area contributed by atoms with Crippen molar-refractivity contribution in [3.05, 3.63) is 0 Å². The lowest BCUT2D eigenvalue weighted by Crippen LogP contribution is -3.09. The fourth-order valence-electron chi connectivity index (χ4n) is 0.963. The Balaban J connectivity index is 0.000000490. The molecule has 0 amide bonds. The molecule has 1 aliphatic rings. The van der Waals surface area contributed by atoms with Gasteiger partial charge in [0.2, 0.25) is 0 Å². The van der Waals surface area contributed by atoms with E-state index in [1.165, 1.54) is 24.3 Å². The normalized spacial score (nSPS) is 36.8. The maximum atomic E-state index is 5.83. The fourth-order valence-corrected chi connectivity index (χ4v) is 1.23. The summed E-state index contributed by atoms with van der Waals surface area (Å²) in [5.74, 6) is 0. The van der Waals surface area contributed by atoms with Crippen molar-refractivity contribution in [3.8, 4) is 0 Å². The van der Waals surface area contributed by atoms with E-state index in [1.807, 2.05) is 0 Å². The topological polar surface area (TPSA) is 4.44 Å². The first-order valence-electron chi connectivity index (χ1n) is 2.77.